The molecule has 1 amide bonds. The number of aromatic nitrogens is 2. The molecule has 4 heterocycles. The number of likely N-dealkylation sites (tertiary alicyclic amines) is 1. The van der Waals surface area contributed by atoms with Crippen LogP contribution in [0.15, 0.2) is 63.9 Å². The third kappa shape index (κ3) is 3.80. The van der Waals surface area contributed by atoms with Gasteiger partial charge in [-0.25, -0.2) is 4.68 Å². The average molecular weight is 421 g/mol. The number of carbonyl (C=O) groups excluding carboxylic acids is 1. The number of amides is 1. The minimum Gasteiger partial charge on any atom is -0.351 e. The maximum absolute atomic E-state index is 12.6. The van der Waals surface area contributed by atoms with Crippen molar-refractivity contribution in [3.63, 3.8) is 0 Å². The number of benzene rings is 1. The van der Waals surface area contributed by atoms with Crippen molar-refractivity contribution in [1.82, 2.24) is 14.7 Å². The fourth-order valence-electron chi connectivity index (χ4n) is 3.57. The van der Waals surface area contributed by atoms with Crippen LogP contribution in [0.4, 0.5) is 0 Å². The summed E-state index contributed by atoms with van der Waals surface area (Å²) in [7, 11) is 0. The van der Waals surface area contributed by atoms with Gasteiger partial charge in [-0.3, -0.25) is 4.79 Å². The Morgan fingerprint density at radius 1 is 1.00 bits per heavy atom. The minimum absolute atomic E-state index is 0.153. The van der Waals surface area contributed by atoms with Gasteiger partial charge in [-0.05, 0) is 60.7 Å². The molecule has 5 nitrogen and oxygen atoms in total. The van der Waals surface area contributed by atoms with Gasteiger partial charge in [0, 0.05) is 24.8 Å². The Kier molecular flexibility index (Phi) is 5.08. The van der Waals surface area contributed by atoms with Crippen LogP contribution in [0.1, 0.15) is 24.8 Å². The maximum atomic E-state index is 12.6. The Hall–Kier alpha value is -2.64. The van der Waals surface area contributed by atoms with E-state index in [4.69, 9.17) is 5.10 Å². The van der Waals surface area contributed by atoms with E-state index in [-0.39, 0.29) is 5.91 Å². The van der Waals surface area contributed by atoms with E-state index in [9.17, 15) is 4.79 Å². The molecule has 0 radical (unpaired) electrons. The van der Waals surface area contributed by atoms with Crippen LogP contribution < -0.4 is 0 Å². The van der Waals surface area contributed by atoms with E-state index in [1.807, 2.05) is 58.7 Å². The second-order valence-electron chi connectivity index (χ2n) is 7.05. The number of thiophene rings is 1. The van der Waals surface area contributed by atoms with E-state index in [1.54, 1.807) is 11.3 Å². The fourth-order valence-corrected chi connectivity index (χ4v) is 5.26. The van der Waals surface area contributed by atoms with Crippen LogP contribution in [-0.2, 0) is 4.79 Å². The van der Waals surface area contributed by atoms with Crippen molar-refractivity contribution in [2.24, 2.45) is 4.99 Å². The van der Waals surface area contributed by atoms with Crippen molar-refractivity contribution in [2.75, 3.05) is 13.1 Å². The summed E-state index contributed by atoms with van der Waals surface area (Å²) in [6, 6.07) is 14.1. The molecule has 7 heteroatoms. The first-order valence-corrected chi connectivity index (χ1v) is 11.4. The van der Waals surface area contributed by atoms with Crippen molar-refractivity contribution in [2.45, 2.75) is 19.3 Å². The summed E-state index contributed by atoms with van der Waals surface area (Å²) in [4.78, 5) is 20.9. The molecule has 2 aliphatic rings. The second-order valence-corrected chi connectivity index (χ2v) is 9.01. The SMILES string of the molecule is O=C1N=C(N2CCCCC2)SC1=Cc1cn(-c2ccccc2)nc1-c1cccs1. The molecule has 2 aliphatic heterocycles. The molecular weight excluding hydrogens is 400 g/mol. The van der Waals surface area contributed by atoms with Crippen molar-refractivity contribution in [1.29, 1.82) is 0 Å². The number of hydrogen-bond donors (Lipinski definition) is 0. The van der Waals surface area contributed by atoms with E-state index in [0.717, 1.165) is 40.1 Å². The van der Waals surface area contributed by atoms with Gasteiger partial charge in [0.15, 0.2) is 5.17 Å². The van der Waals surface area contributed by atoms with E-state index in [0.29, 0.717) is 4.91 Å². The molecule has 2 aromatic heterocycles. The zero-order valence-corrected chi connectivity index (χ0v) is 17.5. The van der Waals surface area contributed by atoms with E-state index in [2.05, 4.69) is 16.0 Å². The van der Waals surface area contributed by atoms with E-state index in [1.165, 1.54) is 31.0 Å². The smallest absolute Gasteiger partial charge is 0.286 e. The zero-order chi connectivity index (χ0) is 19.6. The van der Waals surface area contributed by atoms with Gasteiger partial charge in [0.05, 0.1) is 15.5 Å². The number of aliphatic imine (C=N–C) groups is 1. The average Bonchev–Trinajstić information content (AvgIpc) is 3.50. The van der Waals surface area contributed by atoms with Crippen LogP contribution in [-0.4, -0.2) is 38.8 Å². The predicted molar refractivity (Wildman–Crippen MR) is 120 cm³/mol. The number of thioether (sulfide) groups is 1. The van der Waals surface area contributed by atoms with Crippen LogP contribution in [0.3, 0.4) is 0 Å². The van der Waals surface area contributed by atoms with Gasteiger partial charge in [-0.1, -0.05) is 24.3 Å². The van der Waals surface area contributed by atoms with E-state index < -0.39 is 0 Å². The standard InChI is InChI=1S/C22H20N4OS2/c27-21-19(29-22(23-21)25-11-5-2-6-12-25)14-16-15-26(17-8-3-1-4-9-17)24-20(16)18-10-7-13-28-18/h1,3-4,7-10,13-15H,2,5-6,11-12H2. The molecule has 1 aromatic carbocycles. The summed E-state index contributed by atoms with van der Waals surface area (Å²) in [5.74, 6) is -0.153. The third-order valence-corrected chi connectivity index (χ3v) is 6.96. The van der Waals surface area contributed by atoms with Crippen molar-refractivity contribution < 1.29 is 4.79 Å². The number of nitrogens with zero attached hydrogens (tertiary/aromatic N) is 4. The third-order valence-electron chi connectivity index (χ3n) is 5.04. The van der Waals surface area contributed by atoms with Gasteiger partial charge in [-0.2, -0.15) is 10.1 Å². The van der Waals surface area contributed by atoms with Crippen LogP contribution >= 0.6 is 23.1 Å². The first-order chi connectivity index (χ1) is 14.3. The largest absolute Gasteiger partial charge is 0.351 e. The molecule has 0 aliphatic carbocycles. The first-order valence-electron chi connectivity index (χ1n) is 9.74. The van der Waals surface area contributed by atoms with Crippen molar-refractivity contribution in [3.8, 4) is 16.3 Å². The van der Waals surface area contributed by atoms with Gasteiger partial charge < -0.3 is 4.90 Å². The predicted octanol–water partition coefficient (Wildman–Crippen LogP) is 5.06. The molecule has 1 saturated heterocycles. The van der Waals surface area contributed by atoms with Crippen molar-refractivity contribution in [3.05, 3.63) is 64.5 Å². The molecule has 146 valence electrons. The van der Waals surface area contributed by atoms with Gasteiger partial charge in [0.25, 0.3) is 5.91 Å². The monoisotopic (exact) mass is 420 g/mol. The number of para-hydroxylation sites is 1. The molecular formula is C22H20N4OS2. The number of amidine groups is 1. The topological polar surface area (TPSA) is 50.5 Å². The van der Waals surface area contributed by atoms with Crippen molar-refractivity contribution >= 4 is 40.2 Å². The lowest BCUT2D eigenvalue weighted by Gasteiger charge is -2.27. The summed E-state index contributed by atoms with van der Waals surface area (Å²) >= 11 is 3.13. The summed E-state index contributed by atoms with van der Waals surface area (Å²) in [5, 5.41) is 7.70. The Balaban J connectivity index is 1.49. The molecule has 0 N–H and O–H groups in total. The Morgan fingerprint density at radius 2 is 1.83 bits per heavy atom. The number of rotatable bonds is 3. The van der Waals surface area contributed by atoms with Gasteiger partial charge >= 0.3 is 0 Å². The molecule has 0 bridgehead atoms. The second kappa shape index (κ2) is 8.00. The molecule has 29 heavy (non-hydrogen) atoms. The minimum atomic E-state index is -0.153. The number of hydrogen-bond acceptors (Lipinski definition) is 5. The van der Waals surface area contributed by atoms with Crippen LogP contribution in [0, 0.1) is 0 Å². The molecule has 0 unspecified atom stereocenters. The quantitative estimate of drug-likeness (QED) is 0.556. The van der Waals surface area contributed by atoms with Crippen LogP contribution in [0.2, 0.25) is 0 Å². The lowest BCUT2D eigenvalue weighted by Crippen LogP contribution is -2.33. The fraction of sp³-hybridized carbons (Fsp3) is 0.227. The normalized spacial score (nSPS) is 18.5. The summed E-state index contributed by atoms with van der Waals surface area (Å²) < 4.78 is 1.87. The molecule has 1 fully saturated rings. The molecule has 0 saturated carbocycles. The molecule has 0 spiro atoms. The summed E-state index contributed by atoms with van der Waals surface area (Å²) in [5.41, 5.74) is 2.81. The number of piperidine rings is 1. The van der Waals surface area contributed by atoms with Gasteiger partial charge in [-0.15, -0.1) is 11.3 Å². The van der Waals surface area contributed by atoms with Crippen LogP contribution in [0.5, 0.6) is 0 Å². The highest BCUT2D eigenvalue weighted by Gasteiger charge is 2.27. The van der Waals surface area contributed by atoms with Gasteiger partial charge in [0.2, 0.25) is 0 Å². The zero-order valence-electron chi connectivity index (χ0n) is 15.8. The first kappa shape index (κ1) is 18.4. The molecule has 3 aromatic rings. The summed E-state index contributed by atoms with van der Waals surface area (Å²) in [6.07, 6.45) is 7.52. The summed E-state index contributed by atoms with van der Waals surface area (Å²) in [6.45, 7) is 1.97. The Labute approximate surface area is 177 Å². The van der Waals surface area contributed by atoms with Gasteiger partial charge in [0.1, 0.15) is 5.69 Å². The highest BCUT2D eigenvalue weighted by molar-refractivity contribution is 8.18. The Bertz CT molecular complexity index is 1080. The molecule has 0 atom stereocenters. The number of carbonyl (C=O) groups is 1. The highest BCUT2D eigenvalue weighted by atomic mass is 32.2. The lowest BCUT2D eigenvalue weighted by atomic mass is 10.1. The lowest BCUT2D eigenvalue weighted by molar-refractivity contribution is -0.113. The molecule has 5 rings (SSSR count). The maximum Gasteiger partial charge on any atom is 0.286 e. The highest BCUT2D eigenvalue weighted by Crippen LogP contribution is 2.35. The Morgan fingerprint density at radius 3 is 2.59 bits per heavy atom. The van der Waals surface area contributed by atoms with Crippen LogP contribution in [0.25, 0.3) is 22.3 Å². The van der Waals surface area contributed by atoms with E-state index >= 15 is 0 Å².